The van der Waals surface area contributed by atoms with Gasteiger partial charge in [-0.2, -0.15) is 0 Å². The fraction of sp³-hybridized carbons (Fsp3) is 0.106. The molecule has 1 aliphatic heterocycles. The Hall–Kier alpha value is -9.21. The molecule has 1 saturated heterocycles. The quantitative estimate of drug-likeness (QED) is 0.112. The summed E-state index contributed by atoms with van der Waals surface area (Å²) in [4.78, 5) is 9.19. The van der Waals surface area contributed by atoms with Crippen LogP contribution in [-0.4, -0.2) is 42.0 Å². The maximum absolute atomic E-state index is 6.35. The Balaban J connectivity index is 0.000000150. The predicted octanol–water partition coefficient (Wildman–Crippen LogP) is 23.2. The molecule has 96 heavy (non-hydrogen) atoms. The third-order valence-corrected chi connectivity index (χ3v) is 20.1. The van der Waals surface area contributed by atoms with E-state index >= 15 is 0 Å². The second kappa shape index (κ2) is 26.4. The van der Waals surface area contributed by atoms with Gasteiger partial charge in [0.1, 0.15) is 0 Å². The minimum atomic E-state index is -0.368. The van der Waals surface area contributed by atoms with Gasteiger partial charge in [0.25, 0.3) is 0 Å². The maximum atomic E-state index is 6.35. The minimum Gasteiger partial charge on any atom is -0.399 e. The molecule has 11 heteroatoms. The zero-order valence-electron chi connectivity index (χ0n) is 54.4. The van der Waals surface area contributed by atoms with Crippen LogP contribution in [0.15, 0.2) is 294 Å². The van der Waals surface area contributed by atoms with Crippen molar-refractivity contribution in [1.82, 2.24) is 23.7 Å². The van der Waals surface area contributed by atoms with Gasteiger partial charge >= 0.3 is 7.12 Å². The molecule has 0 atom stereocenters. The molecule has 6 heterocycles. The number of aromatic nitrogens is 5. The van der Waals surface area contributed by atoms with Crippen molar-refractivity contribution in [2.75, 3.05) is 0 Å². The van der Waals surface area contributed by atoms with Crippen LogP contribution in [-0.2, 0) is 9.31 Å². The van der Waals surface area contributed by atoms with Crippen LogP contribution in [0.3, 0.4) is 0 Å². The average Bonchev–Trinajstić information content (AvgIpc) is 1.60. The summed E-state index contributed by atoms with van der Waals surface area (Å²) in [5.74, 6) is 0. The lowest BCUT2D eigenvalue weighted by molar-refractivity contribution is 0.00578. The molecule has 0 saturated carbocycles. The average molecular weight is 1490 g/mol. The van der Waals surface area contributed by atoms with Crippen molar-refractivity contribution in [3.8, 4) is 61.8 Å². The first-order valence-electron chi connectivity index (χ1n) is 32.2. The molecule has 1 aliphatic rings. The lowest BCUT2D eigenvalue weighted by Crippen LogP contribution is -2.41. The summed E-state index contributed by atoms with van der Waals surface area (Å²) in [6, 6.07) is 97.3. The predicted molar refractivity (Wildman–Crippen MR) is 420 cm³/mol. The van der Waals surface area contributed by atoms with E-state index in [2.05, 4.69) is 342 Å². The summed E-state index contributed by atoms with van der Waals surface area (Å²) in [5.41, 5.74) is 23.6. The second-order valence-corrected chi connectivity index (χ2v) is 27.4. The van der Waals surface area contributed by atoms with E-state index in [1.165, 1.54) is 98.8 Å². The second-order valence-electron chi connectivity index (χ2n) is 25.6. The van der Waals surface area contributed by atoms with Crippen molar-refractivity contribution >= 4 is 134 Å². The van der Waals surface area contributed by atoms with Crippen molar-refractivity contribution in [2.45, 2.75) is 59.7 Å². The number of halogens is 3. The van der Waals surface area contributed by atoms with E-state index in [1.807, 2.05) is 36.5 Å². The molecule has 1 fully saturated rings. The fourth-order valence-electron chi connectivity index (χ4n) is 13.5. The van der Waals surface area contributed by atoms with Gasteiger partial charge < -0.3 is 23.0 Å². The Morgan fingerprint density at radius 3 is 1.09 bits per heavy atom. The van der Waals surface area contributed by atoms with Crippen LogP contribution in [0.1, 0.15) is 44.4 Å². The van der Waals surface area contributed by atoms with Crippen LogP contribution in [0, 0.1) is 20.8 Å². The zero-order valence-corrected chi connectivity index (χ0v) is 59.9. The van der Waals surface area contributed by atoms with Gasteiger partial charge in [-0.15, -0.1) is 24.0 Å². The van der Waals surface area contributed by atoms with Gasteiger partial charge in [-0.25, -0.2) is 0 Å². The summed E-state index contributed by atoms with van der Waals surface area (Å²) >= 11 is 6.86. The number of para-hydroxylation sites is 6. The van der Waals surface area contributed by atoms with Crippen LogP contribution in [0.4, 0.5) is 0 Å². The molecule has 5 aromatic heterocycles. The number of nitrogens with zero attached hydrogens (tertiary/aromatic N) is 5. The van der Waals surface area contributed by atoms with E-state index in [0.29, 0.717) is 0 Å². The topological polar surface area (TPSA) is 59.0 Å². The molecule has 16 aromatic rings. The number of hydrogen-bond donors (Lipinski definition) is 0. The van der Waals surface area contributed by atoms with Gasteiger partial charge in [-0.1, -0.05) is 195 Å². The standard InChI is InChI=1S/C49H35N3.C25H26BNO2.C11H7Br2N.HI/c1-32-22-24-37(51-46-18-7-3-14-39(46)40-15-4-8-19-47(40)51)30-43(32)34-12-11-13-36(28-34)45-29-35(26-27-50-45)44-31-38(25-23-33(44)2)52-48-20-9-5-16-41(48)42-17-6-10-21-49(42)52;1-17-14-15-18(16-21(17)26-28-24(2,3)25(4,5)29-26)27-22-12-8-6-10-19(22)20-11-7-9-13-23(20)27;12-9-3-1-2-8(6-9)11-7-10(13)4-5-14-11;/h3-31H,1-2H3;6-16H,1-5H3;1-7H;1H. The van der Waals surface area contributed by atoms with Gasteiger partial charge in [0.05, 0.1) is 55.7 Å². The summed E-state index contributed by atoms with van der Waals surface area (Å²) in [6.45, 7) is 14.9. The number of aryl methyl sites for hydroxylation is 3. The van der Waals surface area contributed by atoms with Gasteiger partial charge in [-0.05, 0) is 203 Å². The number of fused-ring (bicyclic) bond motifs is 9. The number of hydrogen-bond acceptors (Lipinski definition) is 4. The van der Waals surface area contributed by atoms with E-state index in [4.69, 9.17) is 14.3 Å². The molecule has 17 rings (SSSR count). The largest absolute Gasteiger partial charge is 0.495 e. The molecule has 0 amide bonds. The fourth-order valence-corrected chi connectivity index (χ4v) is 14.3. The van der Waals surface area contributed by atoms with Crippen LogP contribution in [0.25, 0.3) is 127 Å². The SMILES string of the molecule is Brc1cccc(-c2cc(Br)ccn2)c1.Cc1ccc(-n2c3ccccc3c3ccccc32)cc1-c1cccc(-c2cc(-c3cc(-n4c5ccccc5c5ccccc54)ccc3C)ccn2)c1.Cc1ccc(-n2c3ccccc3c3ccccc32)cc1B1OC(C)(C)C(C)(C)O1.I. The summed E-state index contributed by atoms with van der Waals surface area (Å²) in [6.07, 6.45) is 3.73. The van der Waals surface area contributed by atoms with Crippen molar-refractivity contribution in [1.29, 1.82) is 0 Å². The highest BCUT2D eigenvalue weighted by Gasteiger charge is 2.52. The van der Waals surface area contributed by atoms with Gasteiger partial charge in [0.15, 0.2) is 0 Å². The first kappa shape index (κ1) is 64.2. The van der Waals surface area contributed by atoms with E-state index in [0.717, 1.165) is 59.5 Å². The lowest BCUT2D eigenvalue weighted by Gasteiger charge is -2.32. The number of pyridine rings is 2. The van der Waals surface area contributed by atoms with E-state index < -0.39 is 0 Å². The molecule has 0 unspecified atom stereocenters. The first-order valence-corrected chi connectivity index (χ1v) is 33.8. The highest BCUT2D eigenvalue weighted by atomic mass is 127. The Bertz CT molecular complexity index is 5210. The van der Waals surface area contributed by atoms with E-state index in [9.17, 15) is 0 Å². The van der Waals surface area contributed by atoms with E-state index in [1.54, 1.807) is 6.20 Å². The molecule has 0 N–H and O–H groups in total. The maximum Gasteiger partial charge on any atom is 0.495 e. The van der Waals surface area contributed by atoms with Crippen LogP contribution in [0.2, 0.25) is 0 Å². The zero-order chi connectivity index (χ0) is 65.1. The van der Waals surface area contributed by atoms with Crippen molar-refractivity contribution in [2.24, 2.45) is 0 Å². The highest BCUT2D eigenvalue weighted by molar-refractivity contribution is 14.0. The summed E-state index contributed by atoms with van der Waals surface area (Å²) in [7, 11) is -0.368. The Morgan fingerprint density at radius 2 is 0.667 bits per heavy atom. The molecule has 0 aliphatic carbocycles. The molecule has 0 spiro atoms. The van der Waals surface area contributed by atoms with Crippen LogP contribution < -0.4 is 5.46 Å². The lowest BCUT2D eigenvalue weighted by atomic mass is 9.76. The Morgan fingerprint density at radius 1 is 0.323 bits per heavy atom. The Kier molecular flexibility index (Phi) is 17.7. The van der Waals surface area contributed by atoms with Crippen molar-refractivity contribution < 1.29 is 9.31 Å². The van der Waals surface area contributed by atoms with Crippen molar-refractivity contribution in [3.63, 3.8) is 0 Å². The number of rotatable bonds is 8. The summed E-state index contributed by atoms with van der Waals surface area (Å²) in [5, 5.41) is 7.60. The smallest absolute Gasteiger partial charge is 0.399 e. The normalized spacial score (nSPS) is 13.2. The molecular weight excluding hydrogens is 1420 g/mol. The van der Waals surface area contributed by atoms with E-state index in [-0.39, 0.29) is 42.3 Å². The number of benzene rings is 11. The highest BCUT2D eigenvalue weighted by Crippen LogP contribution is 2.41. The third-order valence-electron chi connectivity index (χ3n) is 19.1. The first-order chi connectivity index (χ1) is 46.2. The van der Waals surface area contributed by atoms with Gasteiger partial charge in [0.2, 0.25) is 0 Å². The van der Waals surface area contributed by atoms with Crippen molar-refractivity contribution in [3.05, 3.63) is 311 Å². The molecule has 0 radical (unpaired) electrons. The summed E-state index contributed by atoms with van der Waals surface area (Å²) < 4.78 is 21.9. The third kappa shape index (κ3) is 12.0. The minimum absolute atomic E-state index is 0. The molecular formula is C85H69BBr2IN5O2. The molecule has 0 bridgehead atoms. The molecule has 11 aromatic carbocycles. The molecule has 470 valence electrons. The van der Waals surface area contributed by atoms with Gasteiger partial charge in [-0.3, -0.25) is 9.97 Å². The van der Waals surface area contributed by atoms with Crippen LogP contribution >= 0.6 is 55.8 Å². The van der Waals surface area contributed by atoms with Gasteiger partial charge in [0, 0.05) is 81.8 Å². The monoisotopic (exact) mass is 1490 g/mol. The molecule has 7 nitrogen and oxygen atoms in total. The Labute approximate surface area is 594 Å². The van der Waals surface area contributed by atoms with Crippen LogP contribution in [0.5, 0.6) is 0 Å².